The lowest BCUT2D eigenvalue weighted by Gasteiger charge is -2.13. The van der Waals surface area contributed by atoms with Crippen LogP contribution in [-0.2, 0) is 0 Å². The summed E-state index contributed by atoms with van der Waals surface area (Å²) in [5.41, 5.74) is 7.23. The lowest BCUT2D eigenvalue weighted by atomic mass is 10.2. The van der Waals surface area contributed by atoms with E-state index < -0.39 is 0 Å². The lowest BCUT2D eigenvalue weighted by Crippen LogP contribution is -2.02. The van der Waals surface area contributed by atoms with Crippen molar-refractivity contribution in [2.24, 2.45) is 0 Å². The van der Waals surface area contributed by atoms with E-state index in [2.05, 4.69) is 10.3 Å². The number of nitrogens with one attached hydrogen (secondary N) is 1. The van der Waals surface area contributed by atoms with Gasteiger partial charge in [0.15, 0.2) is 5.82 Å². The number of nitrogens with two attached hydrogens (primary N) is 1. The maximum absolute atomic E-state index is 8.95. The van der Waals surface area contributed by atoms with E-state index >= 15 is 0 Å². The zero-order chi connectivity index (χ0) is 14.5. The fourth-order valence-electron chi connectivity index (χ4n) is 1.70. The molecule has 0 aliphatic rings. The average Bonchev–Trinajstić information content (AvgIpc) is 2.49. The molecule has 0 aliphatic heterocycles. The maximum atomic E-state index is 8.95. The van der Waals surface area contributed by atoms with E-state index in [1.165, 1.54) is 6.20 Å². The molecule has 6 heteroatoms. The zero-order valence-corrected chi connectivity index (χ0v) is 11.2. The number of hydrogen-bond donors (Lipinski definition) is 2. The van der Waals surface area contributed by atoms with Gasteiger partial charge in [0.25, 0.3) is 0 Å². The number of nitriles is 1. The second-order valence-electron chi connectivity index (χ2n) is 3.92. The van der Waals surface area contributed by atoms with Crippen molar-refractivity contribution in [1.29, 1.82) is 5.26 Å². The lowest BCUT2D eigenvalue weighted by molar-refractivity contribution is 0.395. The third-order valence-corrected chi connectivity index (χ3v) is 2.77. The van der Waals surface area contributed by atoms with Crippen molar-refractivity contribution in [3.8, 4) is 17.6 Å². The molecule has 0 aliphatic carbocycles. The summed E-state index contributed by atoms with van der Waals surface area (Å²) < 4.78 is 10.4. The van der Waals surface area contributed by atoms with Crippen molar-refractivity contribution in [3.63, 3.8) is 0 Å². The Bertz CT molecular complexity index is 665. The Hall–Kier alpha value is -2.94. The Labute approximate surface area is 116 Å². The first kappa shape index (κ1) is 13.5. The molecule has 0 unspecified atom stereocenters. The number of rotatable bonds is 4. The molecule has 1 aromatic heterocycles. The normalized spacial score (nSPS) is 9.65. The Morgan fingerprint density at radius 3 is 2.70 bits per heavy atom. The largest absolute Gasteiger partial charge is 0.497 e. The molecule has 1 heterocycles. The number of methoxy groups -OCH3 is 2. The molecule has 0 amide bonds. The Morgan fingerprint density at radius 2 is 2.05 bits per heavy atom. The van der Waals surface area contributed by atoms with Crippen molar-refractivity contribution < 1.29 is 9.47 Å². The third kappa shape index (κ3) is 2.57. The molecule has 0 saturated carbocycles. The van der Waals surface area contributed by atoms with E-state index in [1.54, 1.807) is 38.5 Å². The molecule has 6 nitrogen and oxygen atoms in total. The molecule has 0 spiro atoms. The monoisotopic (exact) mass is 270 g/mol. The quantitative estimate of drug-likeness (QED) is 0.885. The Balaban J connectivity index is 2.38. The van der Waals surface area contributed by atoms with Gasteiger partial charge in [0.1, 0.15) is 17.6 Å². The van der Waals surface area contributed by atoms with Crippen LogP contribution >= 0.6 is 0 Å². The van der Waals surface area contributed by atoms with Crippen LogP contribution in [0.25, 0.3) is 0 Å². The highest BCUT2D eigenvalue weighted by Gasteiger charge is 2.10. The van der Waals surface area contributed by atoms with Gasteiger partial charge in [-0.1, -0.05) is 0 Å². The molecule has 0 fully saturated rings. The molecule has 20 heavy (non-hydrogen) atoms. The van der Waals surface area contributed by atoms with Gasteiger partial charge in [0, 0.05) is 12.3 Å². The fraction of sp³-hybridized carbons (Fsp3) is 0.143. The summed E-state index contributed by atoms with van der Waals surface area (Å²) in [4.78, 5) is 4.13. The Kier molecular flexibility index (Phi) is 3.91. The second kappa shape index (κ2) is 5.80. The van der Waals surface area contributed by atoms with Crippen molar-refractivity contribution in [1.82, 2.24) is 4.98 Å². The van der Waals surface area contributed by atoms with Crippen LogP contribution in [-0.4, -0.2) is 19.2 Å². The van der Waals surface area contributed by atoms with Crippen molar-refractivity contribution in [3.05, 3.63) is 36.0 Å². The van der Waals surface area contributed by atoms with E-state index in [1.807, 2.05) is 6.07 Å². The molecule has 2 rings (SSSR count). The summed E-state index contributed by atoms with van der Waals surface area (Å²) in [5, 5.41) is 12.0. The Morgan fingerprint density at radius 1 is 1.25 bits per heavy atom. The van der Waals surface area contributed by atoms with E-state index in [4.69, 9.17) is 20.5 Å². The summed E-state index contributed by atoms with van der Waals surface area (Å²) >= 11 is 0. The minimum Gasteiger partial charge on any atom is -0.497 e. The van der Waals surface area contributed by atoms with Crippen molar-refractivity contribution in [2.45, 2.75) is 0 Å². The summed E-state index contributed by atoms with van der Waals surface area (Å²) in [7, 11) is 3.14. The van der Waals surface area contributed by atoms with Crippen LogP contribution in [0, 0.1) is 11.3 Å². The summed E-state index contributed by atoms with van der Waals surface area (Å²) in [6.07, 6.45) is 1.52. The number of hydrogen-bond acceptors (Lipinski definition) is 6. The third-order valence-electron chi connectivity index (χ3n) is 2.77. The van der Waals surface area contributed by atoms with Crippen LogP contribution < -0.4 is 20.5 Å². The molecule has 1 aromatic carbocycles. The van der Waals surface area contributed by atoms with Gasteiger partial charge in [-0.15, -0.1) is 0 Å². The zero-order valence-electron chi connectivity index (χ0n) is 11.2. The van der Waals surface area contributed by atoms with Crippen LogP contribution in [0.4, 0.5) is 17.2 Å². The van der Waals surface area contributed by atoms with Crippen LogP contribution in [0.15, 0.2) is 30.5 Å². The van der Waals surface area contributed by atoms with E-state index in [9.17, 15) is 0 Å². The molecule has 0 saturated heterocycles. The second-order valence-corrected chi connectivity index (χ2v) is 3.92. The van der Waals surface area contributed by atoms with Gasteiger partial charge >= 0.3 is 0 Å². The molecule has 3 N–H and O–H groups in total. The molecule has 102 valence electrons. The molecule has 2 aromatic rings. The van der Waals surface area contributed by atoms with Gasteiger partial charge < -0.3 is 20.5 Å². The maximum Gasteiger partial charge on any atom is 0.155 e. The van der Waals surface area contributed by atoms with Gasteiger partial charge in [-0.2, -0.15) is 5.26 Å². The van der Waals surface area contributed by atoms with Crippen LogP contribution in [0.2, 0.25) is 0 Å². The number of aromatic nitrogens is 1. The average molecular weight is 270 g/mol. The number of nitrogen functional groups attached to an aromatic ring is 1. The number of pyridine rings is 1. The molecule has 0 radical (unpaired) electrons. The first-order chi connectivity index (χ1) is 9.69. The van der Waals surface area contributed by atoms with E-state index in [0.717, 1.165) is 0 Å². The predicted molar refractivity (Wildman–Crippen MR) is 76.2 cm³/mol. The van der Waals surface area contributed by atoms with Gasteiger partial charge in [-0.05, 0) is 18.2 Å². The standard InChI is InChI=1S/C14H14N4O2/c1-19-10-3-4-11(12(7-10)20-2)18-14-13(16)9(8-15)5-6-17-14/h3-7H,16H2,1-2H3,(H,17,18). The van der Waals surface area contributed by atoms with Crippen LogP contribution in [0.1, 0.15) is 5.56 Å². The minimum atomic E-state index is 0.299. The van der Waals surface area contributed by atoms with Gasteiger partial charge in [-0.25, -0.2) is 4.98 Å². The highest BCUT2D eigenvalue weighted by molar-refractivity contribution is 5.76. The minimum absolute atomic E-state index is 0.299. The number of nitrogens with zero attached hydrogens (tertiary/aromatic N) is 2. The van der Waals surface area contributed by atoms with Crippen LogP contribution in [0.5, 0.6) is 11.5 Å². The number of anilines is 3. The highest BCUT2D eigenvalue weighted by atomic mass is 16.5. The molecule has 0 bridgehead atoms. The highest BCUT2D eigenvalue weighted by Crippen LogP contribution is 2.32. The SMILES string of the molecule is COc1ccc(Nc2nccc(C#N)c2N)c(OC)c1. The number of benzene rings is 1. The van der Waals surface area contributed by atoms with Crippen LogP contribution in [0.3, 0.4) is 0 Å². The van der Waals surface area contributed by atoms with Gasteiger partial charge in [0.05, 0.1) is 31.2 Å². The van der Waals surface area contributed by atoms with Crippen molar-refractivity contribution in [2.75, 3.05) is 25.3 Å². The molecule has 0 atom stereocenters. The summed E-state index contributed by atoms with van der Waals surface area (Å²) in [6.45, 7) is 0. The molecular weight excluding hydrogens is 256 g/mol. The first-order valence-corrected chi connectivity index (χ1v) is 5.83. The summed E-state index contributed by atoms with van der Waals surface area (Å²) in [6, 6.07) is 8.89. The predicted octanol–water partition coefficient (Wildman–Crippen LogP) is 2.30. The first-order valence-electron chi connectivity index (χ1n) is 5.83. The topological polar surface area (TPSA) is 93.2 Å². The summed E-state index contributed by atoms with van der Waals surface area (Å²) in [5.74, 6) is 1.68. The van der Waals surface area contributed by atoms with Crippen molar-refractivity contribution >= 4 is 17.2 Å². The van der Waals surface area contributed by atoms with Gasteiger partial charge in [-0.3, -0.25) is 0 Å². The fourth-order valence-corrected chi connectivity index (χ4v) is 1.70. The van der Waals surface area contributed by atoms with Gasteiger partial charge in [0.2, 0.25) is 0 Å². The van der Waals surface area contributed by atoms with E-state index in [0.29, 0.717) is 34.3 Å². The molecular formula is C14H14N4O2. The smallest absolute Gasteiger partial charge is 0.155 e. The van der Waals surface area contributed by atoms with E-state index in [-0.39, 0.29) is 0 Å². The number of ether oxygens (including phenoxy) is 2.